The molecule has 2 rings (SSSR count). The molecule has 1 aromatic heterocycles. The first-order valence-electron chi connectivity index (χ1n) is 5.45. The maximum Gasteiger partial charge on any atom is 0.232 e. The zero-order valence-electron chi connectivity index (χ0n) is 9.79. The van der Waals surface area contributed by atoms with Gasteiger partial charge in [0.05, 0.1) is 5.75 Å². The van der Waals surface area contributed by atoms with Gasteiger partial charge in [0.1, 0.15) is 0 Å². The molecule has 0 radical (unpaired) electrons. The normalized spacial score (nSPS) is 11.4. The first-order chi connectivity index (χ1) is 8.61. The van der Waals surface area contributed by atoms with Crippen LogP contribution >= 0.6 is 0 Å². The number of aromatic nitrogens is 4. The number of anilines is 1. The minimum Gasteiger partial charge on any atom is -0.284 e. The summed E-state index contributed by atoms with van der Waals surface area (Å²) >= 11 is 0. The Morgan fingerprint density at radius 3 is 2.89 bits per heavy atom. The van der Waals surface area contributed by atoms with Crippen LogP contribution in [0.25, 0.3) is 11.4 Å². The number of hydrogen-bond acceptors (Lipinski definition) is 5. The molecule has 0 fully saturated rings. The Bertz CT molecular complexity index is 609. The van der Waals surface area contributed by atoms with Crippen LogP contribution in [0, 0.1) is 0 Å². The van der Waals surface area contributed by atoms with Crippen LogP contribution in [0.15, 0.2) is 24.3 Å². The Morgan fingerprint density at radius 2 is 2.22 bits per heavy atom. The van der Waals surface area contributed by atoms with E-state index in [0.717, 1.165) is 0 Å². The molecule has 0 unspecified atom stereocenters. The first kappa shape index (κ1) is 12.5. The maximum atomic E-state index is 11.6. The maximum absolute atomic E-state index is 11.6. The van der Waals surface area contributed by atoms with Crippen LogP contribution in [0.5, 0.6) is 0 Å². The summed E-state index contributed by atoms with van der Waals surface area (Å²) in [5.41, 5.74) is 1.19. The zero-order valence-corrected chi connectivity index (χ0v) is 10.6. The molecule has 0 spiro atoms. The van der Waals surface area contributed by atoms with Gasteiger partial charge in [-0.3, -0.25) is 4.72 Å². The lowest BCUT2D eigenvalue weighted by molar-refractivity contribution is 0.600. The number of nitrogens with zero attached hydrogens (tertiary/aromatic N) is 3. The molecule has 96 valence electrons. The van der Waals surface area contributed by atoms with E-state index in [1.807, 2.05) is 6.92 Å². The minimum absolute atomic E-state index is 0.0967. The smallest absolute Gasteiger partial charge is 0.232 e. The lowest BCUT2D eigenvalue weighted by Gasteiger charge is -2.07. The van der Waals surface area contributed by atoms with Crippen molar-refractivity contribution in [1.29, 1.82) is 0 Å². The number of sulfonamides is 1. The van der Waals surface area contributed by atoms with Crippen LogP contribution in [-0.4, -0.2) is 34.8 Å². The fourth-order valence-electron chi connectivity index (χ4n) is 1.51. The summed E-state index contributed by atoms with van der Waals surface area (Å²) in [4.78, 5) is 0. The predicted octanol–water partition coefficient (Wildman–Crippen LogP) is 1.02. The minimum atomic E-state index is -3.28. The second-order valence-corrected chi connectivity index (χ2v) is 5.58. The largest absolute Gasteiger partial charge is 0.284 e. The average Bonchev–Trinajstić information content (AvgIpc) is 2.81. The van der Waals surface area contributed by atoms with Crippen molar-refractivity contribution in [2.75, 3.05) is 10.5 Å². The summed E-state index contributed by atoms with van der Waals surface area (Å²) in [7, 11) is -3.28. The number of benzene rings is 1. The molecule has 2 aromatic rings. The van der Waals surface area contributed by atoms with Gasteiger partial charge in [0.15, 0.2) is 0 Å². The highest BCUT2D eigenvalue weighted by Gasteiger charge is 2.10. The highest BCUT2D eigenvalue weighted by atomic mass is 32.2. The summed E-state index contributed by atoms with van der Waals surface area (Å²) in [6, 6.07) is 6.85. The molecule has 0 amide bonds. The second-order valence-electron chi connectivity index (χ2n) is 3.74. The Balaban J connectivity index is 2.23. The quantitative estimate of drug-likeness (QED) is 0.842. The summed E-state index contributed by atoms with van der Waals surface area (Å²) in [6.45, 7) is 1.81. The highest BCUT2D eigenvalue weighted by Crippen LogP contribution is 2.19. The van der Waals surface area contributed by atoms with Crippen molar-refractivity contribution in [1.82, 2.24) is 20.6 Å². The van der Waals surface area contributed by atoms with Gasteiger partial charge in [0.2, 0.25) is 15.8 Å². The Hall–Kier alpha value is -1.96. The number of nitrogens with one attached hydrogen (secondary N) is 2. The van der Waals surface area contributed by atoms with Crippen molar-refractivity contribution in [3.63, 3.8) is 0 Å². The summed E-state index contributed by atoms with van der Waals surface area (Å²) < 4.78 is 25.8. The first-order valence-corrected chi connectivity index (χ1v) is 7.10. The van der Waals surface area contributed by atoms with Crippen molar-refractivity contribution in [2.24, 2.45) is 0 Å². The summed E-state index contributed by atoms with van der Waals surface area (Å²) in [5.74, 6) is 0.519. The third-order valence-electron chi connectivity index (χ3n) is 2.21. The summed E-state index contributed by atoms with van der Waals surface area (Å²) in [5, 5.41) is 13.5. The Morgan fingerprint density at radius 1 is 1.39 bits per heavy atom. The number of rotatable bonds is 5. The second kappa shape index (κ2) is 5.13. The van der Waals surface area contributed by atoms with Crippen LogP contribution in [0.2, 0.25) is 0 Å². The molecule has 1 aromatic carbocycles. The molecule has 0 atom stereocenters. The van der Waals surface area contributed by atoms with Gasteiger partial charge in [-0.25, -0.2) is 8.42 Å². The molecular formula is C10H13N5O2S. The lowest BCUT2D eigenvalue weighted by Crippen LogP contribution is -2.16. The molecular weight excluding hydrogens is 254 g/mol. The van der Waals surface area contributed by atoms with E-state index < -0.39 is 10.0 Å². The van der Waals surface area contributed by atoms with E-state index in [4.69, 9.17) is 0 Å². The van der Waals surface area contributed by atoms with E-state index >= 15 is 0 Å². The van der Waals surface area contributed by atoms with Crippen molar-refractivity contribution >= 4 is 15.7 Å². The molecule has 0 aliphatic heterocycles. The fraction of sp³-hybridized carbons (Fsp3) is 0.300. The molecule has 0 aliphatic carbocycles. The number of hydrogen-bond donors (Lipinski definition) is 2. The molecule has 1 heterocycles. The van der Waals surface area contributed by atoms with Gasteiger partial charge in [0, 0.05) is 11.3 Å². The Labute approximate surface area is 105 Å². The molecule has 0 saturated heterocycles. The number of H-pyrrole nitrogens is 1. The SMILES string of the molecule is CCCS(=O)(=O)Nc1cccc(-c2nn[nH]n2)c1. The van der Waals surface area contributed by atoms with E-state index in [9.17, 15) is 8.42 Å². The molecule has 0 aliphatic rings. The monoisotopic (exact) mass is 267 g/mol. The van der Waals surface area contributed by atoms with E-state index in [-0.39, 0.29) is 5.75 Å². The van der Waals surface area contributed by atoms with Gasteiger partial charge in [0.25, 0.3) is 0 Å². The average molecular weight is 267 g/mol. The van der Waals surface area contributed by atoms with E-state index in [0.29, 0.717) is 23.5 Å². The lowest BCUT2D eigenvalue weighted by atomic mass is 10.2. The standard InChI is InChI=1S/C10H13N5O2S/c1-2-6-18(16,17)13-9-5-3-4-8(7-9)10-11-14-15-12-10/h3-5,7,13H,2,6H2,1H3,(H,11,12,14,15). The van der Waals surface area contributed by atoms with Crippen LogP contribution < -0.4 is 4.72 Å². The van der Waals surface area contributed by atoms with Crippen LogP contribution in [0.4, 0.5) is 5.69 Å². The van der Waals surface area contributed by atoms with Crippen LogP contribution in [0.3, 0.4) is 0 Å². The molecule has 7 nitrogen and oxygen atoms in total. The van der Waals surface area contributed by atoms with Gasteiger partial charge in [-0.05, 0) is 23.8 Å². The Kier molecular flexibility index (Phi) is 3.56. The highest BCUT2D eigenvalue weighted by molar-refractivity contribution is 7.92. The van der Waals surface area contributed by atoms with Gasteiger partial charge in [-0.2, -0.15) is 5.21 Å². The molecule has 0 bridgehead atoms. The van der Waals surface area contributed by atoms with Crippen molar-refractivity contribution in [2.45, 2.75) is 13.3 Å². The molecule has 2 N–H and O–H groups in total. The topological polar surface area (TPSA) is 101 Å². The van der Waals surface area contributed by atoms with E-state index in [1.165, 1.54) is 0 Å². The van der Waals surface area contributed by atoms with Crippen molar-refractivity contribution in [3.8, 4) is 11.4 Å². The number of aromatic amines is 1. The van der Waals surface area contributed by atoms with Gasteiger partial charge in [-0.1, -0.05) is 19.1 Å². The van der Waals surface area contributed by atoms with Crippen molar-refractivity contribution < 1.29 is 8.42 Å². The fourth-order valence-corrected chi connectivity index (χ4v) is 2.63. The van der Waals surface area contributed by atoms with Gasteiger partial charge >= 0.3 is 0 Å². The van der Waals surface area contributed by atoms with Gasteiger partial charge < -0.3 is 0 Å². The van der Waals surface area contributed by atoms with Crippen molar-refractivity contribution in [3.05, 3.63) is 24.3 Å². The zero-order chi connectivity index (χ0) is 13.0. The van der Waals surface area contributed by atoms with E-state index in [1.54, 1.807) is 24.3 Å². The third-order valence-corrected chi connectivity index (χ3v) is 3.70. The van der Waals surface area contributed by atoms with Gasteiger partial charge in [-0.15, -0.1) is 10.2 Å². The van der Waals surface area contributed by atoms with E-state index in [2.05, 4.69) is 25.3 Å². The number of tetrazole rings is 1. The molecule has 0 saturated carbocycles. The predicted molar refractivity (Wildman–Crippen MR) is 67.3 cm³/mol. The van der Waals surface area contributed by atoms with Crippen LogP contribution in [-0.2, 0) is 10.0 Å². The molecule has 18 heavy (non-hydrogen) atoms. The third kappa shape index (κ3) is 3.04. The molecule has 8 heteroatoms. The van der Waals surface area contributed by atoms with Crippen LogP contribution in [0.1, 0.15) is 13.3 Å². The summed E-state index contributed by atoms with van der Waals surface area (Å²) in [6.07, 6.45) is 0.569.